The Labute approximate surface area is 129 Å². The summed E-state index contributed by atoms with van der Waals surface area (Å²) in [6.45, 7) is 4.79. The van der Waals surface area contributed by atoms with Crippen LogP contribution in [0.5, 0.6) is 0 Å². The van der Waals surface area contributed by atoms with Crippen molar-refractivity contribution in [1.29, 1.82) is 0 Å². The fourth-order valence-electron chi connectivity index (χ4n) is 2.30. The van der Waals surface area contributed by atoms with Crippen molar-refractivity contribution in [1.82, 2.24) is 15.5 Å². The first-order chi connectivity index (χ1) is 10.6. The van der Waals surface area contributed by atoms with Gasteiger partial charge in [-0.05, 0) is 25.5 Å². The van der Waals surface area contributed by atoms with Gasteiger partial charge in [0, 0.05) is 37.4 Å². The maximum absolute atomic E-state index is 13.4. The van der Waals surface area contributed by atoms with Crippen LogP contribution in [0, 0.1) is 12.7 Å². The van der Waals surface area contributed by atoms with Gasteiger partial charge in [-0.1, -0.05) is 6.07 Å². The lowest BCUT2D eigenvalue weighted by atomic mass is 10.2. The fraction of sp³-hybridized carbons (Fsp3) is 0.467. The molecule has 0 aliphatic carbocycles. The summed E-state index contributed by atoms with van der Waals surface area (Å²) >= 11 is 0. The third-order valence-corrected chi connectivity index (χ3v) is 3.57. The highest BCUT2D eigenvalue weighted by molar-refractivity contribution is 5.90. The van der Waals surface area contributed by atoms with Crippen LogP contribution in [0.15, 0.2) is 18.2 Å². The first-order valence-corrected chi connectivity index (χ1v) is 7.35. The van der Waals surface area contributed by atoms with Gasteiger partial charge < -0.3 is 16.0 Å². The molecule has 0 aromatic heterocycles. The molecule has 6 nitrogen and oxygen atoms in total. The van der Waals surface area contributed by atoms with E-state index in [1.54, 1.807) is 19.1 Å². The highest BCUT2D eigenvalue weighted by Crippen LogP contribution is 2.16. The van der Waals surface area contributed by atoms with Crippen LogP contribution in [-0.4, -0.2) is 49.6 Å². The van der Waals surface area contributed by atoms with Gasteiger partial charge in [0.1, 0.15) is 5.82 Å². The molecule has 0 bridgehead atoms. The van der Waals surface area contributed by atoms with E-state index in [1.807, 2.05) is 0 Å². The largest absolute Gasteiger partial charge is 0.354 e. The summed E-state index contributed by atoms with van der Waals surface area (Å²) < 4.78 is 13.4. The van der Waals surface area contributed by atoms with Gasteiger partial charge in [-0.15, -0.1) is 0 Å². The number of nitrogens with zero attached hydrogens (tertiary/aromatic N) is 1. The quantitative estimate of drug-likeness (QED) is 0.713. The van der Waals surface area contributed by atoms with Crippen LogP contribution < -0.4 is 16.0 Å². The molecule has 0 unspecified atom stereocenters. The minimum Gasteiger partial charge on any atom is -0.354 e. The molecule has 3 N–H and O–H groups in total. The first-order valence-electron chi connectivity index (χ1n) is 7.35. The molecule has 1 aromatic carbocycles. The number of piperazine rings is 1. The zero-order valence-electron chi connectivity index (χ0n) is 12.6. The van der Waals surface area contributed by atoms with Gasteiger partial charge in [-0.2, -0.15) is 0 Å². The standard InChI is InChI=1S/C15H21FN4O2/c1-11-12(16)4-2-5-13(11)19-15(22)18-6-3-8-20-9-7-17-14(21)10-20/h2,4-5H,3,6-10H2,1H3,(H,17,21)(H2,18,19,22). The second-order valence-electron chi connectivity index (χ2n) is 5.27. The molecular formula is C15H21FN4O2. The monoisotopic (exact) mass is 308 g/mol. The van der Waals surface area contributed by atoms with Crippen LogP contribution >= 0.6 is 0 Å². The van der Waals surface area contributed by atoms with Gasteiger partial charge >= 0.3 is 6.03 Å². The average Bonchev–Trinajstić information content (AvgIpc) is 2.49. The number of carbonyl (C=O) groups is 2. The van der Waals surface area contributed by atoms with E-state index < -0.39 is 0 Å². The van der Waals surface area contributed by atoms with Crippen molar-refractivity contribution < 1.29 is 14.0 Å². The Bertz CT molecular complexity index is 550. The SMILES string of the molecule is Cc1c(F)cccc1NC(=O)NCCCN1CCNC(=O)C1. The van der Waals surface area contributed by atoms with Crippen LogP contribution in [0.25, 0.3) is 0 Å². The molecule has 120 valence electrons. The smallest absolute Gasteiger partial charge is 0.319 e. The van der Waals surface area contributed by atoms with E-state index >= 15 is 0 Å². The molecule has 1 saturated heterocycles. The second-order valence-corrected chi connectivity index (χ2v) is 5.27. The molecule has 0 radical (unpaired) electrons. The molecule has 7 heteroatoms. The molecule has 0 atom stereocenters. The van der Waals surface area contributed by atoms with Gasteiger partial charge in [-0.25, -0.2) is 9.18 Å². The fourth-order valence-corrected chi connectivity index (χ4v) is 2.30. The molecule has 2 rings (SSSR count). The maximum Gasteiger partial charge on any atom is 0.319 e. The van der Waals surface area contributed by atoms with E-state index in [9.17, 15) is 14.0 Å². The van der Waals surface area contributed by atoms with Crippen molar-refractivity contribution in [3.63, 3.8) is 0 Å². The Hall–Kier alpha value is -2.15. The van der Waals surface area contributed by atoms with Gasteiger partial charge in [-0.3, -0.25) is 9.69 Å². The van der Waals surface area contributed by atoms with Crippen LogP contribution in [0.2, 0.25) is 0 Å². The molecule has 1 heterocycles. The lowest BCUT2D eigenvalue weighted by molar-refractivity contribution is -0.124. The third-order valence-electron chi connectivity index (χ3n) is 3.57. The predicted molar refractivity (Wildman–Crippen MR) is 82.2 cm³/mol. The van der Waals surface area contributed by atoms with Crippen molar-refractivity contribution in [3.8, 4) is 0 Å². The van der Waals surface area contributed by atoms with Crippen molar-refractivity contribution in [2.24, 2.45) is 0 Å². The van der Waals surface area contributed by atoms with Crippen LogP contribution in [0.1, 0.15) is 12.0 Å². The second kappa shape index (κ2) is 7.74. The highest BCUT2D eigenvalue weighted by Gasteiger charge is 2.15. The van der Waals surface area contributed by atoms with Gasteiger partial charge in [0.05, 0.1) is 6.54 Å². The number of nitrogens with one attached hydrogen (secondary N) is 3. The number of halogens is 1. The predicted octanol–water partition coefficient (Wildman–Crippen LogP) is 1.08. The molecule has 3 amide bonds. The number of amides is 3. The van der Waals surface area contributed by atoms with Gasteiger partial charge in [0.15, 0.2) is 0 Å². The van der Waals surface area contributed by atoms with E-state index in [4.69, 9.17) is 0 Å². The molecule has 22 heavy (non-hydrogen) atoms. The zero-order valence-corrected chi connectivity index (χ0v) is 12.6. The summed E-state index contributed by atoms with van der Waals surface area (Å²) in [4.78, 5) is 25.0. The molecular weight excluding hydrogens is 287 g/mol. The van der Waals surface area contributed by atoms with Crippen molar-refractivity contribution in [3.05, 3.63) is 29.6 Å². The summed E-state index contributed by atoms with van der Waals surface area (Å²) in [7, 11) is 0. The molecule has 1 aliphatic heterocycles. The Morgan fingerprint density at radius 2 is 2.27 bits per heavy atom. The zero-order chi connectivity index (χ0) is 15.9. The van der Waals surface area contributed by atoms with Crippen molar-refractivity contribution >= 4 is 17.6 Å². The minimum absolute atomic E-state index is 0.0403. The number of hydrogen-bond donors (Lipinski definition) is 3. The Morgan fingerprint density at radius 3 is 3.05 bits per heavy atom. The van der Waals surface area contributed by atoms with Crippen LogP contribution in [-0.2, 0) is 4.79 Å². The molecule has 1 aromatic rings. The summed E-state index contributed by atoms with van der Waals surface area (Å²) in [6, 6.07) is 4.21. The van der Waals surface area contributed by atoms with E-state index in [1.165, 1.54) is 6.07 Å². The number of benzene rings is 1. The summed E-state index contributed by atoms with van der Waals surface area (Å²) in [5.74, 6) is -0.306. The number of hydrogen-bond acceptors (Lipinski definition) is 3. The number of urea groups is 1. The van der Waals surface area contributed by atoms with Crippen LogP contribution in [0.3, 0.4) is 0 Å². The van der Waals surface area contributed by atoms with Gasteiger partial charge in [0.2, 0.25) is 5.91 Å². The number of rotatable bonds is 5. The number of anilines is 1. The minimum atomic E-state index is -0.356. The Balaban J connectivity index is 1.67. The first kappa shape index (κ1) is 16.2. The van der Waals surface area contributed by atoms with Crippen molar-refractivity contribution in [2.75, 3.05) is 38.0 Å². The van der Waals surface area contributed by atoms with Gasteiger partial charge in [0.25, 0.3) is 0 Å². The molecule has 1 aliphatic rings. The van der Waals surface area contributed by atoms with E-state index in [2.05, 4.69) is 20.9 Å². The Morgan fingerprint density at radius 1 is 1.45 bits per heavy atom. The highest BCUT2D eigenvalue weighted by atomic mass is 19.1. The summed E-state index contributed by atoms with van der Waals surface area (Å²) in [5, 5.41) is 8.12. The van der Waals surface area contributed by atoms with E-state index in [-0.39, 0.29) is 17.8 Å². The summed E-state index contributed by atoms with van der Waals surface area (Å²) in [5.41, 5.74) is 0.877. The average molecular weight is 308 g/mol. The molecule has 1 fully saturated rings. The van der Waals surface area contributed by atoms with Crippen LogP contribution in [0.4, 0.5) is 14.9 Å². The maximum atomic E-state index is 13.4. The normalized spacial score (nSPS) is 15.3. The van der Waals surface area contributed by atoms with E-state index in [0.717, 1.165) is 19.5 Å². The summed E-state index contributed by atoms with van der Waals surface area (Å²) in [6.07, 6.45) is 0.753. The lowest BCUT2D eigenvalue weighted by Crippen LogP contribution is -2.48. The van der Waals surface area contributed by atoms with E-state index in [0.29, 0.717) is 30.9 Å². The third kappa shape index (κ3) is 4.70. The topological polar surface area (TPSA) is 73.5 Å². The van der Waals surface area contributed by atoms with Crippen molar-refractivity contribution in [2.45, 2.75) is 13.3 Å². The Kier molecular flexibility index (Phi) is 5.71. The number of carbonyl (C=O) groups excluding carboxylic acids is 2. The molecule has 0 spiro atoms. The lowest BCUT2D eigenvalue weighted by Gasteiger charge is -2.26. The molecule has 0 saturated carbocycles.